The Morgan fingerprint density at radius 3 is 1.82 bits per heavy atom. The van der Waals surface area contributed by atoms with Gasteiger partial charge in [0.1, 0.15) is 0 Å². The van der Waals surface area contributed by atoms with Crippen LogP contribution in [0.3, 0.4) is 0 Å². The minimum Gasteiger partial charge on any atom is -0.311 e. The van der Waals surface area contributed by atoms with Gasteiger partial charge in [0.15, 0.2) is 0 Å². The third-order valence-electron chi connectivity index (χ3n) is 2.61. The Balaban J connectivity index is 2.12. The average Bonchev–Trinajstić information content (AvgIpc) is 2.38. The van der Waals surface area contributed by atoms with Gasteiger partial charge in [0.25, 0.3) is 0 Å². The van der Waals surface area contributed by atoms with Crippen LogP contribution in [-0.4, -0.2) is 12.1 Å². The van der Waals surface area contributed by atoms with Crippen molar-refractivity contribution in [2.24, 2.45) is 0 Å². The molecule has 0 bridgehead atoms. The standard InChI is InChI=1S/C10H21N/c1-3-5-9-7-8-10(11-9)6-4-2/h9-11H,3-8H2,1-2H3/t9-,10-/m1/s1. The first-order valence-electron chi connectivity index (χ1n) is 5.12. The largest absolute Gasteiger partial charge is 0.311 e. The molecule has 0 unspecified atom stereocenters. The summed E-state index contributed by atoms with van der Waals surface area (Å²) in [4.78, 5) is 0. The van der Waals surface area contributed by atoms with Crippen molar-refractivity contribution >= 4 is 0 Å². The summed E-state index contributed by atoms with van der Waals surface area (Å²) in [5.41, 5.74) is 0. The van der Waals surface area contributed by atoms with Crippen molar-refractivity contribution in [1.29, 1.82) is 0 Å². The maximum Gasteiger partial charge on any atom is 0.00701 e. The lowest BCUT2D eigenvalue weighted by Gasteiger charge is -2.12. The first-order valence-corrected chi connectivity index (χ1v) is 5.12. The van der Waals surface area contributed by atoms with Gasteiger partial charge in [-0.05, 0) is 25.7 Å². The highest BCUT2D eigenvalue weighted by Gasteiger charge is 2.21. The molecule has 0 spiro atoms. The van der Waals surface area contributed by atoms with Gasteiger partial charge in [-0.25, -0.2) is 0 Å². The molecule has 1 rings (SSSR count). The zero-order chi connectivity index (χ0) is 8.10. The van der Waals surface area contributed by atoms with Crippen LogP contribution in [0.2, 0.25) is 0 Å². The lowest BCUT2D eigenvalue weighted by molar-refractivity contribution is 0.484. The summed E-state index contributed by atoms with van der Waals surface area (Å²) in [6, 6.07) is 1.69. The molecule has 66 valence electrons. The van der Waals surface area contributed by atoms with E-state index in [0.717, 1.165) is 12.1 Å². The van der Waals surface area contributed by atoms with Crippen molar-refractivity contribution in [2.75, 3.05) is 0 Å². The van der Waals surface area contributed by atoms with Crippen LogP contribution in [0.1, 0.15) is 52.4 Å². The van der Waals surface area contributed by atoms with Gasteiger partial charge in [-0.2, -0.15) is 0 Å². The third kappa shape index (κ3) is 2.82. The Morgan fingerprint density at radius 2 is 1.45 bits per heavy atom. The highest BCUT2D eigenvalue weighted by Crippen LogP contribution is 2.18. The van der Waals surface area contributed by atoms with E-state index in [2.05, 4.69) is 19.2 Å². The molecule has 0 saturated carbocycles. The smallest absolute Gasteiger partial charge is 0.00701 e. The topological polar surface area (TPSA) is 12.0 Å². The summed E-state index contributed by atoms with van der Waals surface area (Å²) < 4.78 is 0. The average molecular weight is 155 g/mol. The molecule has 0 radical (unpaired) electrons. The first kappa shape index (κ1) is 9.05. The molecule has 1 aliphatic heterocycles. The molecular weight excluding hydrogens is 134 g/mol. The second-order valence-electron chi connectivity index (χ2n) is 3.72. The maximum absolute atomic E-state index is 3.69. The van der Waals surface area contributed by atoms with Crippen molar-refractivity contribution in [1.82, 2.24) is 5.32 Å². The van der Waals surface area contributed by atoms with Crippen molar-refractivity contribution in [3.05, 3.63) is 0 Å². The van der Waals surface area contributed by atoms with Gasteiger partial charge >= 0.3 is 0 Å². The summed E-state index contributed by atoms with van der Waals surface area (Å²) in [5, 5.41) is 3.69. The van der Waals surface area contributed by atoms with Gasteiger partial charge in [0.05, 0.1) is 0 Å². The van der Waals surface area contributed by atoms with Gasteiger partial charge in [-0.3, -0.25) is 0 Å². The zero-order valence-corrected chi connectivity index (χ0v) is 7.90. The fraction of sp³-hybridized carbons (Fsp3) is 1.00. The molecule has 1 heteroatoms. The van der Waals surface area contributed by atoms with Gasteiger partial charge in [0, 0.05) is 12.1 Å². The highest BCUT2D eigenvalue weighted by atomic mass is 15.0. The van der Waals surface area contributed by atoms with Crippen LogP contribution < -0.4 is 5.32 Å². The first-order chi connectivity index (χ1) is 5.36. The lowest BCUT2D eigenvalue weighted by atomic mass is 10.1. The van der Waals surface area contributed by atoms with Crippen LogP contribution in [0.25, 0.3) is 0 Å². The number of hydrogen-bond acceptors (Lipinski definition) is 1. The Hall–Kier alpha value is -0.0400. The minimum absolute atomic E-state index is 0.844. The summed E-state index contributed by atoms with van der Waals surface area (Å²) in [6.45, 7) is 4.55. The van der Waals surface area contributed by atoms with Crippen molar-refractivity contribution < 1.29 is 0 Å². The number of rotatable bonds is 4. The monoisotopic (exact) mass is 155 g/mol. The Kier molecular flexibility index (Phi) is 3.92. The van der Waals surface area contributed by atoms with E-state index in [-0.39, 0.29) is 0 Å². The molecule has 0 aromatic heterocycles. The Bertz CT molecular complexity index is 89.0. The summed E-state index contributed by atoms with van der Waals surface area (Å²) in [7, 11) is 0. The highest BCUT2D eigenvalue weighted by molar-refractivity contribution is 4.82. The number of nitrogens with one attached hydrogen (secondary N) is 1. The summed E-state index contributed by atoms with van der Waals surface area (Å²) in [5.74, 6) is 0. The van der Waals surface area contributed by atoms with E-state index >= 15 is 0 Å². The Morgan fingerprint density at radius 1 is 1.00 bits per heavy atom. The minimum atomic E-state index is 0.844. The molecule has 0 aromatic rings. The molecule has 0 amide bonds. The molecule has 1 N–H and O–H groups in total. The molecular formula is C10H21N. The van der Waals surface area contributed by atoms with Crippen molar-refractivity contribution in [3.8, 4) is 0 Å². The molecule has 1 saturated heterocycles. The van der Waals surface area contributed by atoms with Crippen LogP contribution in [0.15, 0.2) is 0 Å². The summed E-state index contributed by atoms with van der Waals surface area (Å²) >= 11 is 0. The predicted molar refractivity (Wildman–Crippen MR) is 49.8 cm³/mol. The SMILES string of the molecule is CCC[C@@H]1CC[C@@H](CCC)N1. The van der Waals surface area contributed by atoms with E-state index in [1.165, 1.54) is 38.5 Å². The van der Waals surface area contributed by atoms with Crippen LogP contribution in [0.4, 0.5) is 0 Å². The van der Waals surface area contributed by atoms with E-state index in [1.807, 2.05) is 0 Å². The summed E-state index contributed by atoms with van der Waals surface area (Å²) in [6.07, 6.45) is 8.24. The molecule has 1 heterocycles. The van der Waals surface area contributed by atoms with E-state index in [4.69, 9.17) is 0 Å². The van der Waals surface area contributed by atoms with Crippen LogP contribution in [-0.2, 0) is 0 Å². The van der Waals surface area contributed by atoms with Gasteiger partial charge < -0.3 is 5.32 Å². The number of hydrogen-bond donors (Lipinski definition) is 1. The van der Waals surface area contributed by atoms with Crippen LogP contribution >= 0.6 is 0 Å². The van der Waals surface area contributed by atoms with Crippen molar-refractivity contribution in [3.63, 3.8) is 0 Å². The van der Waals surface area contributed by atoms with E-state index in [0.29, 0.717) is 0 Å². The lowest BCUT2D eigenvalue weighted by Crippen LogP contribution is -2.28. The molecule has 2 atom stereocenters. The molecule has 0 aromatic carbocycles. The van der Waals surface area contributed by atoms with Gasteiger partial charge in [-0.1, -0.05) is 26.7 Å². The van der Waals surface area contributed by atoms with Crippen molar-refractivity contribution in [2.45, 2.75) is 64.5 Å². The van der Waals surface area contributed by atoms with Gasteiger partial charge in [-0.15, -0.1) is 0 Å². The maximum atomic E-state index is 3.69. The molecule has 0 aliphatic carbocycles. The second kappa shape index (κ2) is 4.76. The quantitative estimate of drug-likeness (QED) is 0.658. The van der Waals surface area contributed by atoms with E-state index in [1.54, 1.807) is 0 Å². The molecule has 1 aliphatic rings. The zero-order valence-electron chi connectivity index (χ0n) is 7.90. The fourth-order valence-corrected chi connectivity index (χ4v) is 2.05. The Labute approximate surface area is 70.6 Å². The molecule has 1 fully saturated rings. The normalized spacial score (nSPS) is 31.1. The van der Waals surface area contributed by atoms with Crippen LogP contribution in [0, 0.1) is 0 Å². The third-order valence-corrected chi connectivity index (χ3v) is 2.61. The van der Waals surface area contributed by atoms with Gasteiger partial charge in [0.2, 0.25) is 0 Å². The second-order valence-corrected chi connectivity index (χ2v) is 3.72. The fourth-order valence-electron chi connectivity index (χ4n) is 2.05. The van der Waals surface area contributed by atoms with E-state index in [9.17, 15) is 0 Å². The molecule has 1 nitrogen and oxygen atoms in total. The van der Waals surface area contributed by atoms with E-state index < -0.39 is 0 Å². The molecule has 11 heavy (non-hydrogen) atoms. The van der Waals surface area contributed by atoms with Crippen LogP contribution in [0.5, 0.6) is 0 Å². The predicted octanol–water partition coefficient (Wildman–Crippen LogP) is 2.71.